The number of benzene rings is 2. The number of carbonyl (C=O) groups is 1. The molecule has 2 aromatic heterocycles. The lowest BCUT2D eigenvalue weighted by Gasteiger charge is -2.32. The van der Waals surface area contributed by atoms with Crippen LogP contribution < -0.4 is 20.1 Å². The molecule has 1 aliphatic heterocycles. The van der Waals surface area contributed by atoms with Crippen LogP contribution in [0.4, 0.5) is 21.7 Å². The number of likely N-dealkylation sites (tertiary alicyclic amines) is 1. The fourth-order valence-electron chi connectivity index (χ4n) is 5.74. The van der Waals surface area contributed by atoms with Gasteiger partial charge in [-0.25, -0.2) is 18.9 Å². The number of phosphoric acid groups is 1. The molecule has 0 spiro atoms. The van der Waals surface area contributed by atoms with Crippen molar-refractivity contribution < 1.29 is 36.8 Å². The van der Waals surface area contributed by atoms with Crippen molar-refractivity contribution in [3.05, 3.63) is 60.8 Å². The Bertz CT molecular complexity index is 1860. The molecule has 4 aromatic rings. The van der Waals surface area contributed by atoms with E-state index in [0.717, 1.165) is 32.4 Å². The molecule has 0 aliphatic carbocycles. The van der Waals surface area contributed by atoms with Gasteiger partial charge in [0.1, 0.15) is 24.5 Å². The highest BCUT2D eigenvalue weighted by molar-refractivity contribution is 7.48. The molecule has 1 fully saturated rings. The van der Waals surface area contributed by atoms with Gasteiger partial charge in [0.15, 0.2) is 17.3 Å². The van der Waals surface area contributed by atoms with E-state index in [0.29, 0.717) is 46.3 Å². The van der Waals surface area contributed by atoms with Gasteiger partial charge in [-0.05, 0) is 91.6 Å². The summed E-state index contributed by atoms with van der Waals surface area (Å²) in [5.74, 6) is 1.25. The fourth-order valence-corrected chi connectivity index (χ4v) is 7.57. The van der Waals surface area contributed by atoms with Crippen molar-refractivity contribution in [1.29, 1.82) is 0 Å². The van der Waals surface area contributed by atoms with Gasteiger partial charge in [0.2, 0.25) is 5.91 Å². The summed E-state index contributed by atoms with van der Waals surface area (Å²) in [4.78, 5) is 23.6. The lowest BCUT2D eigenvalue weighted by atomic mass is 10.2. The number of methoxy groups -OCH3 is 1. The number of amides is 1. The summed E-state index contributed by atoms with van der Waals surface area (Å²) in [5, 5.41) is 11.0. The molecule has 52 heavy (non-hydrogen) atoms. The van der Waals surface area contributed by atoms with Gasteiger partial charge in [0, 0.05) is 42.0 Å². The van der Waals surface area contributed by atoms with Gasteiger partial charge < -0.3 is 20.1 Å². The normalized spacial score (nSPS) is 15.6. The molecule has 3 heterocycles. The van der Waals surface area contributed by atoms with Crippen LogP contribution in [0.15, 0.2) is 55.0 Å². The molecule has 1 amide bonds. The van der Waals surface area contributed by atoms with Gasteiger partial charge in [-0.15, -0.1) is 0 Å². The molecular weight excluding hydrogens is 692 g/mol. The second kappa shape index (κ2) is 16.7. The minimum absolute atomic E-state index is 0.0652. The van der Waals surface area contributed by atoms with Crippen LogP contribution in [0.25, 0.3) is 10.9 Å². The van der Waals surface area contributed by atoms with Crippen LogP contribution in [-0.2, 0) is 29.5 Å². The van der Waals surface area contributed by atoms with E-state index >= 15 is 0 Å². The lowest BCUT2D eigenvalue weighted by molar-refractivity contribution is -0.116. The molecule has 0 unspecified atom stereocenters. The maximum atomic E-state index is 13.5. The first-order valence-corrected chi connectivity index (χ1v) is 18.8. The standard InChI is InChI=1S/C36H49FN7O7P/c1-35(2,3)50-52(46,51-36(4,5)6)49-23-27-13-9-15-43(27)16-10-18-48-31-21-29-28(20-30(31)47-7)34(39-24-38-29)41-32-14-17-44(42-32)22-33(45)40-26-12-8-11-25(37)19-26/h8,11-12,14,17,19-21,24,27H,9-10,13,15-16,18,22-23H2,1-7H3,(H,40,45)(H,38,39,41,42)/t27-/m0/s1. The average molecular weight is 742 g/mol. The predicted octanol–water partition coefficient (Wildman–Crippen LogP) is 7.34. The molecule has 1 atom stereocenters. The van der Waals surface area contributed by atoms with Crippen molar-refractivity contribution in [2.75, 3.05) is 44.0 Å². The maximum Gasteiger partial charge on any atom is 0.475 e. The third-order valence-corrected chi connectivity index (χ3v) is 9.77. The highest BCUT2D eigenvalue weighted by Crippen LogP contribution is 2.55. The SMILES string of the molecule is COc1cc2c(Nc3ccn(CC(=O)Nc4cccc(F)c4)n3)ncnc2cc1OCCCN1CCC[C@H]1COP(=O)(OC(C)(C)C)OC(C)(C)C. The van der Waals surface area contributed by atoms with Crippen LogP contribution in [-0.4, -0.2) is 81.2 Å². The van der Waals surface area contributed by atoms with Gasteiger partial charge >= 0.3 is 7.82 Å². The van der Waals surface area contributed by atoms with Gasteiger partial charge in [-0.1, -0.05) is 6.07 Å². The number of ether oxygens (including phenoxy) is 2. The van der Waals surface area contributed by atoms with Gasteiger partial charge in [-0.3, -0.25) is 27.9 Å². The monoisotopic (exact) mass is 741 g/mol. The van der Waals surface area contributed by atoms with E-state index in [-0.39, 0.29) is 25.1 Å². The third-order valence-electron chi connectivity index (χ3n) is 7.76. The Labute approximate surface area is 304 Å². The zero-order chi connectivity index (χ0) is 37.5. The molecule has 0 radical (unpaired) electrons. The topological polar surface area (TPSA) is 151 Å². The predicted molar refractivity (Wildman–Crippen MR) is 197 cm³/mol. The van der Waals surface area contributed by atoms with Crippen molar-refractivity contribution in [2.24, 2.45) is 0 Å². The molecule has 14 nitrogen and oxygen atoms in total. The zero-order valence-corrected chi connectivity index (χ0v) is 31.7. The van der Waals surface area contributed by atoms with Crippen LogP contribution in [0.3, 0.4) is 0 Å². The van der Waals surface area contributed by atoms with Crippen LogP contribution in [0.2, 0.25) is 0 Å². The minimum atomic E-state index is -3.79. The number of anilines is 3. The first kappa shape index (κ1) is 39.1. The largest absolute Gasteiger partial charge is 0.493 e. The van der Waals surface area contributed by atoms with E-state index in [1.165, 1.54) is 29.2 Å². The number of fused-ring (bicyclic) bond motifs is 1. The van der Waals surface area contributed by atoms with Crippen molar-refractivity contribution in [3.63, 3.8) is 0 Å². The van der Waals surface area contributed by atoms with Crippen molar-refractivity contribution >= 4 is 42.0 Å². The molecule has 16 heteroatoms. The van der Waals surface area contributed by atoms with Crippen molar-refractivity contribution in [3.8, 4) is 11.5 Å². The third kappa shape index (κ3) is 11.4. The Kier molecular flexibility index (Phi) is 12.5. The summed E-state index contributed by atoms with van der Waals surface area (Å²) in [6.45, 7) is 13.2. The molecular formula is C36H49FN7O7P. The van der Waals surface area contributed by atoms with E-state index in [1.807, 2.05) is 53.7 Å². The Morgan fingerprint density at radius 3 is 2.52 bits per heavy atom. The number of nitrogens with one attached hydrogen (secondary N) is 2. The second-order valence-electron chi connectivity index (χ2n) is 14.5. The van der Waals surface area contributed by atoms with Crippen LogP contribution in [0.5, 0.6) is 11.5 Å². The number of aromatic nitrogens is 4. The average Bonchev–Trinajstić information content (AvgIpc) is 3.69. The second-order valence-corrected chi connectivity index (χ2v) is 16.0. The number of hydrogen-bond acceptors (Lipinski definition) is 12. The van der Waals surface area contributed by atoms with Gasteiger partial charge in [-0.2, -0.15) is 5.10 Å². The fraction of sp³-hybridized carbons (Fsp3) is 0.500. The van der Waals surface area contributed by atoms with E-state index in [4.69, 9.17) is 23.0 Å². The molecule has 0 bridgehead atoms. The summed E-state index contributed by atoms with van der Waals surface area (Å²) >= 11 is 0. The van der Waals surface area contributed by atoms with E-state index in [1.54, 1.807) is 25.4 Å². The quantitative estimate of drug-likeness (QED) is 0.0873. The Balaban J connectivity index is 1.15. The van der Waals surface area contributed by atoms with Crippen LogP contribution >= 0.6 is 7.82 Å². The van der Waals surface area contributed by atoms with E-state index in [2.05, 4.69) is 30.6 Å². The van der Waals surface area contributed by atoms with Gasteiger partial charge in [0.05, 0.1) is 37.0 Å². The summed E-state index contributed by atoms with van der Waals surface area (Å²) in [6.07, 6.45) is 5.78. The van der Waals surface area contributed by atoms with Crippen molar-refractivity contribution in [2.45, 2.75) is 84.6 Å². The number of rotatable bonds is 16. The Hall–Kier alpha value is -4.14. The smallest absolute Gasteiger partial charge is 0.475 e. The van der Waals surface area contributed by atoms with Crippen LogP contribution in [0.1, 0.15) is 60.8 Å². The number of carbonyl (C=O) groups excluding carboxylic acids is 1. The first-order chi connectivity index (χ1) is 24.6. The summed E-state index contributed by atoms with van der Waals surface area (Å²) < 4.78 is 57.8. The highest BCUT2D eigenvalue weighted by atomic mass is 31.2. The Morgan fingerprint density at radius 1 is 1.04 bits per heavy atom. The first-order valence-electron chi connectivity index (χ1n) is 17.3. The van der Waals surface area contributed by atoms with Gasteiger partial charge in [0.25, 0.3) is 0 Å². The number of hydrogen-bond donors (Lipinski definition) is 2. The Morgan fingerprint density at radius 2 is 1.81 bits per heavy atom. The molecule has 5 rings (SSSR count). The number of phosphoric ester groups is 1. The number of halogens is 1. The van der Waals surface area contributed by atoms with E-state index in [9.17, 15) is 13.8 Å². The minimum Gasteiger partial charge on any atom is -0.493 e. The maximum absolute atomic E-state index is 13.5. The zero-order valence-electron chi connectivity index (χ0n) is 30.8. The summed E-state index contributed by atoms with van der Waals surface area (Å²) in [5.41, 5.74) is -0.385. The summed E-state index contributed by atoms with van der Waals surface area (Å²) in [7, 11) is -2.22. The lowest BCUT2D eigenvalue weighted by Crippen LogP contribution is -2.35. The molecule has 1 saturated heterocycles. The highest BCUT2D eigenvalue weighted by Gasteiger charge is 2.38. The molecule has 1 aliphatic rings. The van der Waals surface area contributed by atoms with Crippen LogP contribution in [0, 0.1) is 5.82 Å². The molecule has 2 N–H and O–H groups in total. The van der Waals surface area contributed by atoms with Crippen molar-refractivity contribution in [1.82, 2.24) is 24.6 Å². The molecule has 282 valence electrons. The number of nitrogens with zero attached hydrogens (tertiary/aromatic N) is 5. The molecule has 0 saturated carbocycles. The molecule has 2 aromatic carbocycles. The summed E-state index contributed by atoms with van der Waals surface area (Å²) in [6, 6.07) is 11.1. The van der Waals surface area contributed by atoms with E-state index < -0.39 is 24.8 Å².